The van der Waals surface area contributed by atoms with Crippen molar-refractivity contribution in [2.45, 2.75) is 13.8 Å². The third-order valence-electron chi connectivity index (χ3n) is 1.77. The number of hydrogen-bond donors (Lipinski definition) is 0. The number of aryl methyl sites for hydroxylation is 2. The van der Waals surface area contributed by atoms with Crippen LogP contribution in [0.3, 0.4) is 0 Å². The Morgan fingerprint density at radius 2 is 2.00 bits per heavy atom. The molecule has 0 aliphatic carbocycles. The zero-order valence-corrected chi connectivity index (χ0v) is 7.60. The SMILES string of the molecule is Cc1ccc(-n2cc(C)nn2)cn1. The molecule has 0 unspecified atom stereocenters. The number of rotatable bonds is 1. The lowest BCUT2D eigenvalue weighted by molar-refractivity contribution is 0.796. The van der Waals surface area contributed by atoms with Crippen molar-refractivity contribution in [1.29, 1.82) is 0 Å². The summed E-state index contributed by atoms with van der Waals surface area (Å²) in [5.41, 5.74) is 2.84. The Morgan fingerprint density at radius 3 is 2.54 bits per heavy atom. The first kappa shape index (κ1) is 7.91. The van der Waals surface area contributed by atoms with Crippen molar-refractivity contribution in [3.63, 3.8) is 0 Å². The molecule has 2 heterocycles. The van der Waals surface area contributed by atoms with Crippen LogP contribution in [-0.2, 0) is 0 Å². The van der Waals surface area contributed by atoms with Gasteiger partial charge in [-0.05, 0) is 26.0 Å². The normalized spacial score (nSPS) is 10.3. The monoisotopic (exact) mass is 174 g/mol. The van der Waals surface area contributed by atoms with Crippen molar-refractivity contribution >= 4 is 0 Å². The molecule has 0 radical (unpaired) electrons. The summed E-state index contributed by atoms with van der Waals surface area (Å²) in [6.07, 6.45) is 3.65. The van der Waals surface area contributed by atoms with Gasteiger partial charge in [0, 0.05) is 5.69 Å². The maximum absolute atomic E-state index is 4.18. The highest BCUT2D eigenvalue weighted by Crippen LogP contribution is 2.04. The topological polar surface area (TPSA) is 43.6 Å². The molecule has 0 N–H and O–H groups in total. The van der Waals surface area contributed by atoms with Gasteiger partial charge in [0.1, 0.15) is 0 Å². The molecule has 0 saturated heterocycles. The molecule has 0 bridgehead atoms. The van der Waals surface area contributed by atoms with Crippen molar-refractivity contribution in [3.8, 4) is 5.69 Å². The van der Waals surface area contributed by atoms with Crippen LogP contribution in [0, 0.1) is 13.8 Å². The molecule has 0 fully saturated rings. The van der Waals surface area contributed by atoms with Gasteiger partial charge < -0.3 is 0 Å². The van der Waals surface area contributed by atoms with Gasteiger partial charge in [0.05, 0.1) is 23.8 Å². The average molecular weight is 174 g/mol. The summed E-state index contributed by atoms with van der Waals surface area (Å²) >= 11 is 0. The van der Waals surface area contributed by atoms with Crippen LogP contribution >= 0.6 is 0 Å². The molecule has 0 spiro atoms. The van der Waals surface area contributed by atoms with E-state index in [1.807, 2.05) is 32.2 Å². The van der Waals surface area contributed by atoms with Gasteiger partial charge in [-0.15, -0.1) is 5.10 Å². The molecule has 0 atom stereocenters. The van der Waals surface area contributed by atoms with E-state index in [0.29, 0.717) is 0 Å². The van der Waals surface area contributed by atoms with Crippen molar-refractivity contribution in [1.82, 2.24) is 20.0 Å². The standard InChI is InChI=1S/C9H10N4/c1-7-3-4-9(5-10-7)13-6-8(2)11-12-13/h3-6H,1-2H3. The molecule has 2 aromatic heterocycles. The number of nitrogens with zero attached hydrogens (tertiary/aromatic N) is 4. The van der Waals surface area contributed by atoms with Crippen molar-refractivity contribution < 1.29 is 0 Å². The fourth-order valence-corrected chi connectivity index (χ4v) is 1.07. The Balaban J connectivity index is 2.41. The first-order valence-electron chi connectivity index (χ1n) is 4.08. The van der Waals surface area contributed by atoms with Gasteiger partial charge >= 0.3 is 0 Å². The maximum atomic E-state index is 4.18. The molecule has 0 aliphatic rings. The molecule has 4 nitrogen and oxygen atoms in total. The summed E-state index contributed by atoms with van der Waals surface area (Å²) in [5, 5.41) is 7.84. The van der Waals surface area contributed by atoms with E-state index in [1.54, 1.807) is 10.9 Å². The van der Waals surface area contributed by atoms with E-state index < -0.39 is 0 Å². The van der Waals surface area contributed by atoms with E-state index in [0.717, 1.165) is 17.1 Å². The lowest BCUT2D eigenvalue weighted by Gasteiger charge is -1.98. The molecule has 13 heavy (non-hydrogen) atoms. The number of hydrogen-bond acceptors (Lipinski definition) is 3. The molecule has 2 rings (SSSR count). The van der Waals surface area contributed by atoms with Gasteiger partial charge in [0.25, 0.3) is 0 Å². The van der Waals surface area contributed by atoms with Crippen LogP contribution in [-0.4, -0.2) is 20.0 Å². The fraction of sp³-hybridized carbons (Fsp3) is 0.222. The number of aromatic nitrogens is 4. The molecule has 66 valence electrons. The summed E-state index contributed by atoms with van der Waals surface area (Å²) in [6.45, 7) is 3.86. The van der Waals surface area contributed by atoms with Crippen LogP contribution < -0.4 is 0 Å². The molecule has 2 aromatic rings. The first-order valence-corrected chi connectivity index (χ1v) is 4.08. The molecular formula is C9H10N4. The first-order chi connectivity index (χ1) is 6.25. The van der Waals surface area contributed by atoms with Crippen molar-refractivity contribution in [3.05, 3.63) is 35.9 Å². The van der Waals surface area contributed by atoms with E-state index in [-0.39, 0.29) is 0 Å². The Morgan fingerprint density at radius 1 is 1.15 bits per heavy atom. The van der Waals surface area contributed by atoms with E-state index in [2.05, 4.69) is 15.3 Å². The van der Waals surface area contributed by atoms with Crippen molar-refractivity contribution in [2.75, 3.05) is 0 Å². The summed E-state index contributed by atoms with van der Waals surface area (Å²) in [6, 6.07) is 3.92. The van der Waals surface area contributed by atoms with Crippen molar-refractivity contribution in [2.24, 2.45) is 0 Å². The highest BCUT2D eigenvalue weighted by atomic mass is 15.4. The minimum Gasteiger partial charge on any atom is -0.259 e. The lowest BCUT2D eigenvalue weighted by Crippen LogP contribution is -1.95. The Kier molecular flexibility index (Phi) is 1.81. The maximum Gasteiger partial charge on any atom is 0.0846 e. The van der Waals surface area contributed by atoms with E-state index in [9.17, 15) is 0 Å². The van der Waals surface area contributed by atoms with Gasteiger partial charge in [-0.1, -0.05) is 5.21 Å². The average Bonchev–Trinajstić information content (AvgIpc) is 2.53. The predicted molar refractivity (Wildman–Crippen MR) is 48.6 cm³/mol. The highest BCUT2D eigenvalue weighted by molar-refractivity contribution is 5.27. The molecule has 0 aromatic carbocycles. The molecule has 0 saturated carbocycles. The van der Waals surface area contributed by atoms with Gasteiger partial charge in [0.15, 0.2) is 0 Å². The van der Waals surface area contributed by atoms with E-state index >= 15 is 0 Å². The second-order valence-electron chi connectivity index (χ2n) is 2.96. The zero-order chi connectivity index (χ0) is 9.26. The van der Waals surface area contributed by atoms with E-state index in [1.165, 1.54) is 0 Å². The molecule has 4 heteroatoms. The van der Waals surface area contributed by atoms with Crippen LogP contribution in [0.2, 0.25) is 0 Å². The quantitative estimate of drug-likeness (QED) is 0.654. The van der Waals surface area contributed by atoms with Gasteiger partial charge in [-0.3, -0.25) is 4.98 Å². The molecule has 0 amide bonds. The summed E-state index contributed by atoms with van der Waals surface area (Å²) in [7, 11) is 0. The summed E-state index contributed by atoms with van der Waals surface area (Å²) in [5.74, 6) is 0. The van der Waals surface area contributed by atoms with Crippen LogP contribution in [0.5, 0.6) is 0 Å². The third kappa shape index (κ3) is 1.56. The second kappa shape index (κ2) is 2.97. The summed E-state index contributed by atoms with van der Waals surface area (Å²) < 4.78 is 1.71. The Bertz CT molecular complexity index is 402. The van der Waals surface area contributed by atoms with Gasteiger partial charge in [-0.25, -0.2) is 4.68 Å². The van der Waals surface area contributed by atoms with Crippen LogP contribution in [0.25, 0.3) is 5.69 Å². The minimum atomic E-state index is 0.903. The largest absolute Gasteiger partial charge is 0.259 e. The fourth-order valence-electron chi connectivity index (χ4n) is 1.07. The van der Waals surface area contributed by atoms with Crippen LogP contribution in [0.4, 0.5) is 0 Å². The summed E-state index contributed by atoms with van der Waals surface area (Å²) in [4.78, 5) is 4.18. The predicted octanol–water partition coefficient (Wildman–Crippen LogP) is 1.28. The molecule has 0 aliphatic heterocycles. The second-order valence-corrected chi connectivity index (χ2v) is 2.96. The Hall–Kier alpha value is -1.71. The smallest absolute Gasteiger partial charge is 0.0846 e. The minimum absolute atomic E-state index is 0.903. The van der Waals surface area contributed by atoms with Gasteiger partial charge in [0.2, 0.25) is 0 Å². The number of pyridine rings is 1. The molecular weight excluding hydrogens is 164 g/mol. The zero-order valence-electron chi connectivity index (χ0n) is 7.60. The highest BCUT2D eigenvalue weighted by Gasteiger charge is 1.98. The van der Waals surface area contributed by atoms with Gasteiger partial charge in [-0.2, -0.15) is 0 Å². The van der Waals surface area contributed by atoms with Crippen LogP contribution in [0.15, 0.2) is 24.5 Å². The Labute approximate surface area is 76.2 Å². The lowest BCUT2D eigenvalue weighted by atomic mass is 10.3. The van der Waals surface area contributed by atoms with E-state index in [4.69, 9.17) is 0 Å². The van der Waals surface area contributed by atoms with Crippen LogP contribution in [0.1, 0.15) is 11.4 Å². The third-order valence-corrected chi connectivity index (χ3v) is 1.77.